The fourth-order valence-corrected chi connectivity index (χ4v) is 1.72. The maximum absolute atomic E-state index is 12.1. The third-order valence-corrected chi connectivity index (χ3v) is 3.23. The van der Waals surface area contributed by atoms with E-state index in [0.717, 1.165) is 5.69 Å². The average Bonchev–Trinajstić information content (AvgIpc) is 2.51. The lowest BCUT2D eigenvalue weighted by Gasteiger charge is -2.17. The van der Waals surface area contributed by atoms with Crippen LogP contribution in [0.5, 0.6) is 0 Å². The number of carboxylic acids is 1. The quantitative estimate of drug-likeness (QED) is 0.834. The molecule has 0 aliphatic heterocycles. The van der Waals surface area contributed by atoms with Gasteiger partial charge in [0.25, 0.3) is 5.91 Å². The average molecular weight is 253 g/mol. The number of aryl methyl sites for hydroxylation is 2. The Morgan fingerprint density at radius 1 is 1.33 bits per heavy atom. The number of hydrogen-bond donors (Lipinski definition) is 2. The highest BCUT2D eigenvalue weighted by atomic mass is 16.4. The standard InChI is InChI=1S/C12H19N3O3/c1-6(12(17)18)7(2)13-11(16)10-8(3)14-15(5)9(10)4/h6-7H,1-5H3,(H,13,16)(H,17,18). The van der Waals surface area contributed by atoms with Crippen LogP contribution in [-0.2, 0) is 11.8 Å². The minimum Gasteiger partial charge on any atom is -0.481 e. The van der Waals surface area contributed by atoms with Gasteiger partial charge >= 0.3 is 5.97 Å². The number of aromatic nitrogens is 2. The van der Waals surface area contributed by atoms with Gasteiger partial charge in [0.15, 0.2) is 0 Å². The summed E-state index contributed by atoms with van der Waals surface area (Å²) in [5.74, 6) is -1.84. The lowest BCUT2D eigenvalue weighted by atomic mass is 10.0. The van der Waals surface area contributed by atoms with Crippen molar-refractivity contribution in [3.05, 3.63) is 17.0 Å². The molecule has 2 N–H and O–H groups in total. The zero-order valence-corrected chi connectivity index (χ0v) is 11.3. The van der Waals surface area contributed by atoms with Crippen LogP contribution in [0.2, 0.25) is 0 Å². The Kier molecular flexibility index (Phi) is 4.11. The number of carbonyl (C=O) groups is 2. The van der Waals surface area contributed by atoms with Crippen molar-refractivity contribution < 1.29 is 14.7 Å². The number of carbonyl (C=O) groups excluding carboxylic acids is 1. The van der Waals surface area contributed by atoms with E-state index >= 15 is 0 Å². The summed E-state index contributed by atoms with van der Waals surface area (Å²) >= 11 is 0. The van der Waals surface area contributed by atoms with Gasteiger partial charge in [-0.25, -0.2) is 0 Å². The van der Waals surface area contributed by atoms with Crippen molar-refractivity contribution in [3.63, 3.8) is 0 Å². The molecule has 0 bridgehead atoms. The van der Waals surface area contributed by atoms with Crippen LogP contribution in [-0.4, -0.2) is 32.8 Å². The third-order valence-electron chi connectivity index (χ3n) is 3.23. The summed E-state index contributed by atoms with van der Waals surface area (Å²) in [4.78, 5) is 22.9. The van der Waals surface area contributed by atoms with Crippen LogP contribution in [0.4, 0.5) is 0 Å². The van der Waals surface area contributed by atoms with Crippen molar-refractivity contribution in [3.8, 4) is 0 Å². The predicted octanol–water partition coefficient (Wildman–Crippen LogP) is 0.876. The van der Waals surface area contributed by atoms with Crippen LogP contribution in [0, 0.1) is 19.8 Å². The smallest absolute Gasteiger partial charge is 0.308 e. The normalized spacial score (nSPS) is 14.1. The van der Waals surface area contributed by atoms with Gasteiger partial charge in [-0.1, -0.05) is 0 Å². The molecule has 0 saturated carbocycles. The molecule has 0 radical (unpaired) electrons. The second-order valence-electron chi connectivity index (χ2n) is 4.56. The van der Waals surface area contributed by atoms with Crippen molar-refractivity contribution in [1.29, 1.82) is 0 Å². The Labute approximate surface area is 106 Å². The van der Waals surface area contributed by atoms with E-state index in [1.807, 2.05) is 0 Å². The van der Waals surface area contributed by atoms with E-state index in [4.69, 9.17) is 5.11 Å². The highest BCUT2D eigenvalue weighted by Gasteiger charge is 2.24. The largest absolute Gasteiger partial charge is 0.481 e. The number of amides is 1. The predicted molar refractivity (Wildman–Crippen MR) is 66.4 cm³/mol. The maximum atomic E-state index is 12.1. The van der Waals surface area contributed by atoms with E-state index in [0.29, 0.717) is 11.3 Å². The van der Waals surface area contributed by atoms with Crippen LogP contribution in [0.25, 0.3) is 0 Å². The highest BCUT2D eigenvalue weighted by Crippen LogP contribution is 2.13. The number of hydrogen-bond acceptors (Lipinski definition) is 3. The summed E-state index contributed by atoms with van der Waals surface area (Å²) in [5, 5.41) is 15.7. The van der Waals surface area contributed by atoms with Gasteiger partial charge < -0.3 is 10.4 Å². The summed E-state index contributed by atoms with van der Waals surface area (Å²) in [7, 11) is 1.77. The zero-order chi connectivity index (χ0) is 14.0. The Hall–Kier alpha value is -1.85. The molecule has 0 spiro atoms. The molecule has 1 heterocycles. The lowest BCUT2D eigenvalue weighted by Crippen LogP contribution is -2.40. The van der Waals surface area contributed by atoms with Crippen molar-refractivity contribution in [2.45, 2.75) is 33.7 Å². The second kappa shape index (κ2) is 5.20. The molecule has 1 aromatic heterocycles. The van der Waals surface area contributed by atoms with Gasteiger partial charge in [0.1, 0.15) is 0 Å². The lowest BCUT2D eigenvalue weighted by molar-refractivity contribution is -0.141. The van der Waals surface area contributed by atoms with E-state index in [9.17, 15) is 9.59 Å². The van der Waals surface area contributed by atoms with E-state index in [-0.39, 0.29) is 5.91 Å². The van der Waals surface area contributed by atoms with Crippen molar-refractivity contribution in [1.82, 2.24) is 15.1 Å². The van der Waals surface area contributed by atoms with Crippen molar-refractivity contribution in [2.75, 3.05) is 0 Å². The van der Waals surface area contributed by atoms with Crippen LogP contribution < -0.4 is 5.32 Å². The van der Waals surface area contributed by atoms with Crippen LogP contribution in [0.3, 0.4) is 0 Å². The number of nitrogens with one attached hydrogen (secondary N) is 1. The van der Waals surface area contributed by atoms with Crippen LogP contribution in [0.15, 0.2) is 0 Å². The first kappa shape index (κ1) is 14.2. The molecule has 2 atom stereocenters. The first-order chi connectivity index (χ1) is 8.25. The van der Waals surface area contributed by atoms with Gasteiger partial charge in [0, 0.05) is 18.8 Å². The summed E-state index contributed by atoms with van der Waals surface area (Å²) < 4.78 is 1.63. The number of aliphatic carboxylic acids is 1. The zero-order valence-electron chi connectivity index (χ0n) is 11.3. The molecule has 0 aliphatic carbocycles. The first-order valence-corrected chi connectivity index (χ1v) is 5.79. The second-order valence-corrected chi connectivity index (χ2v) is 4.56. The topological polar surface area (TPSA) is 84.2 Å². The molecule has 18 heavy (non-hydrogen) atoms. The Balaban J connectivity index is 2.86. The Bertz CT molecular complexity index is 479. The van der Waals surface area contributed by atoms with E-state index in [1.165, 1.54) is 0 Å². The number of nitrogens with zero attached hydrogens (tertiary/aromatic N) is 2. The molecule has 0 aromatic carbocycles. The third kappa shape index (κ3) is 2.69. The van der Waals surface area contributed by atoms with Gasteiger partial charge in [0.05, 0.1) is 17.2 Å². The highest BCUT2D eigenvalue weighted by molar-refractivity contribution is 5.96. The Morgan fingerprint density at radius 2 is 1.89 bits per heavy atom. The summed E-state index contributed by atoms with van der Waals surface area (Å²) in [6.07, 6.45) is 0. The summed E-state index contributed by atoms with van der Waals surface area (Å²) in [5.41, 5.74) is 1.92. The molecular weight excluding hydrogens is 234 g/mol. The molecule has 0 saturated heterocycles. The summed E-state index contributed by atoms with van der Waals surface area (Å²) in [6, 6.07) is -0.436. The first-order valence-electron chi connectivity index (χ1n) is 5.79. The molecular formula is C12H19N3O3. The summed E-state index contributed by atoms with van der Waals surface area (Å²) in [6.45, 7) is 6.81. The molecule has 1 amide bonds. The molecule has 2 unspecified atom stereocenters. The van der Waals surface area contributed by atoms with Gasteiger partial charge in [-0.3, -0.25) is 14.3 Å². The van der Waals surface area contributed by atoms with Gasteiger partial charge in [0.2, 0.25) is 0 Å². The Morgan fingerprint density at radius 3 is 2.28 bits per heavy atom. The van der Waals surface area contributed by atoms with Crippen molar-refractivity contribution >= 4 is 11.9 Å². The van der Waals surface area contributed by atoms with Gasteiger partial charge in [-0.15, -0.1) is 0 Å². The van der Waals surface area contributed by atoms with Crippen LogP contribution in [0.1, 0.15) is 35.6 Å². The molecule has 0 aliphatic rings. The van der Waals surface area contributed by atoms with Gasteiger partial charge in [-0.05, 0) is 27.7 Å². The van der Waals surface area contributed by atoms with E-state index < -0.39 is 17.9 Å². The SMILES string of the molecule is Cc1nn(C)c(C)c1C(=O)NC(C)C(C)C(=O)O. The molecule has 6 heteroatoms. The molecule has 1 rings (SSSR count). The molecule has 100 valence electrons. The maximum Gasteiger partial charge on any atom is 0.308 e. The minimum absolute atomic E-state index is 0.279. The fraction of sp³-hybridized carbons (Fsp3) is 0.583. The van der Waals surface area contributed by atoms with E-state index in [2.05, 4.69) is 10.4 Å². The molecule has 1 aromatic rings. The molecule has 0 fully saturated rings. The monoisotopic (exact) mass is 253 g/mol. The van der Waals surface area contributed by atoms with Crippen LogP contribution >= 0.6 is 0 Å². The van der Waals surface area contributed by atoms with Gasteiger partial charge in [-0.2, -0.15) is 5.10 Å². The van der Waals surface area contributed by atoms with E-state index in [1.54, 1.807) is 39.4 Å². The van der Waals surface area contributed by atoms with Crippen molar-refractivity contribution in [2.24, 2.45) is 13.0 Å². The molecule has 6 nitrogen and oxygen atoms in total. The fourth-order valence-electron chi connectivity index (χ4n) is 1.72. The number of carboxylic acid groups (broad SMARTS) is 1. The number of rotatable bonds is 4. The minimum atomic E-state index is -0.928.